The van der Waals surface area contributed by atoms with Gasteiger partial charge in [-0.1, -0.05) is 23.4 Å². The van der Waals surface area contributed by atoms with Gasteiger partial charge in [-0.3, -0.25) is 0 Å². The van der Waals surface area contributed by atoms with Crippen LogP contribution in [0.4, 0.5) is 5.82 Å². The highest BCUT2D eigenvalue weighted by atomic mass is 35.5. The highest BCUT2D eigenvalue weighted by Gasteiger charge is 2.00. The molecule has 0 saturated carbocycles. The van der Waals surface area contributed by atoms with Crippen molar-refractivity contribution in [1.29, 1.82) is 0 Å². The summed E-state index contributed by atoms with van der Waals surface area (Å²) in [6, 6.07) is 1.63. The molecule has 0 aliphatic carbocycles. The Balaban J connectivity index is 2.92. The molecule has 4 nitrogen and oxygen atoms in total. The Morgan fingerprint density at radius 2 is 2.21 bits per heavy atom. The van der Waals surface area contributed by atoms with Crippen LogP contribution in [0.15, 0.2) is 16.2 Å². The van der Waals surface area contributed by atoms with Crippen molar-refractivity contribution in [2.45, 2.75) is 5.16 Å². The Bertz CT molecular complexity index is 340. The lowest BCUT2D eigenvalue weighted by molar-refractivity contribution is 0.642. The van der Waals surface area contributed by atoms with Gasteiger partial charge >= 0.3 is 0 Å². The van der Waals surface area contributed by atoms with E-state index in [0.717, 1.165) is 0 Å². The van der Waals surface area contributed by atoms with E-state index in [1.807, 2.05) is 25.3 Å². The number of hydrogen-bond acceptors (Lipinski definition) is 4. The number of halogens is 1. The van der Waals surface area contributed by atoms with Crippen LogP contribution in [0.1, 0.15) is 0 Å². The van der Waals surface area contributed by atoms with Crippen molar-refractivity contribution in [2.75, 3.05) is 20.4 Å². The Morgan fingerprint density at radius 1 is 1.50 bits per heavy atom. The lowest BCUT2D eigenvalue weighted by atomic mass is 10.6. The molecule has 1 aromatic heterocycles. The Kier molecular flexibility index (Phi) is 4.16. The van der Waals surface area contributed by atoms with Crippen molar-refractivity contribution in [2.24, 2.45) is 4.99 Å². The Labute approximate surface area is 92.4 Å². The zero-order valence-electron chi connectivity index (χ0n) is 8.23. The maximum absolute atomic E-state index is 5.79. The molecule has 0 spiro atoms. The minimum atomic E-state index is 0.412. The molecule has 0 fully saturated rings. The van der Waals surface area contributed by atoms with Crippen molar-refractivity contribution in [1.82, 2.24) is 14.9 Å². The smallest absolute Gasteiger partial charge is 0.190 e. The largest absolute Gasteiger partial charge is 0.369 e. The second-order valence-electron chi connectivity index (χ2n) is 2.74. The van der Waals surface area contributed by atoms with E-state index in [1.54, 1.807) is 12.4 Å². The van der Waals surface area contributed by atoms with Crippen molar-refractivity contribution in [3.8, 4) is 0 Å². The first-order valence-electron chi connectivity index (χ1n) is 3.91. The molecule has 76 valence electrons. The first-order valence-corrected chi connectivity index (χ1v) is 5.51. The number of thioether (sulfide) groups is 1. The molecule has 0 atom stereocenters. The molecule has 1 aromatic rings. The van der Waals surface area contributed by atoms with Gasteiger partial charge in [0, 0.05) is 20.2 Å². The summed E-state index contributed by atoms with van der Waals surface area (Å²) >= 11 is 7.23. The van der Waals surface area contributed by atoms with Crippen molar-refractivity contribution < 1.29 is 0 Å². The van der Waals surface area contributed by atoms with Crippen LogP contribution < -0.4 is 0 Å². The summed E-state index contributed by atoms with van der Waals surface area (Å²) in [5.41, 5.74) is 0. The van der Waals surface area contributed by atoms with Gasteiger partial charge in [0.25, 0.3) is 0 Å². The van der Waals surface area contributed by atoms with Crippen LogP contribution in [0.2, 0.25) is 5.15 Å². The van der Waals surface area contributed by atoms with Gasteiger partial charge in [0.1, 0.15) is 5.15 Å². The van der Waals surface area contributed by atoms with E-state index in [0.29, 0.717) is 16.1 Å². The van der Waals surface area contributed by atoms with Crippen LogP contribution in [0.25, 0.3) is 0 Å². The predicted molar refractivity (Wildman–Crippen MR) is 60.7 cm³/mol. The second-order valence-corrected chi connectivity index (χ2v) is 3.90. The molecule has 0 radical (unpaired) electrons. The summed E-state index contributed by atoms with van der Waals surface area (Å²) in [6.45, 7) is 0. The zero-order valence-corrected chi connectivity index (χ0v) is 9.80. The number of hydrogen-bond donors (Lipinski definition) is 0. The quantitative estimate of drug-likeness (QED) is 0.262. The zero-order chi connectivity index (χ0) is 10.6. The highest BCUT2D eigenvalue weighted by molar-refractivity contribution is 7.98. The van der Waals surface area contributed by atoms with Gasteiger partial charge in [-0.05, 0) is 6.26 Å². The topological polar surface area (TPSA) is 41.4 Å². The fraction of sp³-hybridized carbons (Fsp3) is 0.375. The monoisotopic (exact) mass is 230 g/mol. The predicted octanol–water partition coefficient (Wildman–Crippen LogP) is 2.07. The van der Waals surface area contributed by atoms with Crippen LogP contribution in [0.5, 0.6) is 0 Å². The summed E-state index contributed by atoms with van der Waals surface area (Å²) in [4.78, 5) is 14.1. The fourth-order valence-corrected chi connectivity index (χ4v) is 1.32. The average molecular weight is 231 g/mol. The molecule has 1 heterocycles. The molecule has 1 rings (SSSR count). The summed E-state index contributed by atoms with van der Waals surface area (Å²) in [6.07, 6.45) is 3.56. The van der Waals surface area contributed by atoms with E-state index in [4.69, 9.17) is 11.6 Å². The lowest BCUT2D eigenvalue weighted by Gasteiger charge is -2.02. The van der Waals surface area contributed by atoms with E-state index in [2.05, 4.69) is 15.0 Å². The summed E-state index contributed by atoms with van der Waals surface area (Å²) in [5.74, 6) is 0.572. The normalized spacial score (nSPS) is 10.9. The van der Waals surface area contributed by atoms with Gasteiger partial charge in [-0.15, -0.1) is 0 Å². The van der Waals surface area contributed by atoms with Gasteiger partial charge < -0.3 is 4.90 Å². The van der Waals surface area contributed by atoms with Crippen molar-refractivity contribution in [3.63, 3.8) is 0 Å². The molecule has 0 N–H and O–H groups in total. The molecular formula is C8H11ClN4S. The minimum absolute atomic E-state index is 0.412. The molecule has 0 saturated heterocycles. The maximum Gasteiger partial charge on any atom is 0.190 e. The first kappa shape index (κ1) is 11.3. The maximum atomic E-state index is 5.79. The number of rotatable bonds is 3. The summed E-state index contributed by atoms with van der Waals surface area (Å²) in [7, 11) is 3.78. The number of aliphatic imine (C=N–C) groups is 1. The van der Waals surface area contributed by atoms with Crippen LogP contribution in [-0.2, 0) is 0 Å². The van der Waals surface area contributed by atoms with Gasteiger partial charge in [-0.2, -0.15) is 0 Å². The van der Waals surface area contributed by atoms with E-state index in [9.17, 15) is 0 Å². The van der Waals surface area contributed by atoms with Gasteiger partial charge in [0.2, 0.25) is 0 Å². The molecule has 0 aliphatic rings. The Hall–Kier alpha value is -0.810. The van der Waals surface area contributed by atoms with Crippen molar-refractivity contribution in [3.05, 3.63) is 11.2 Å². The second kappa shape index (κ2) is 5.17. The van der Waals surface area contributed by atoms with Crippen molar-refractivity contribution >= 4 is 35.5 Å². The summed E-state index contributed by atoms with van der Waals surface area (Å²) in [5, 5.41) is 1.04. The van der Waals surface area contributed by atoms with Crippen LogP contribution in [0.3, 0.4) is 0 Å². The van der Waals surface area contributed by atoms with E-state index in [1.165, 1.54) is 11.8 Å². The van der Waals surface area contributed by atoms with E-state index >= 15 is 0 Å². The SMILES string of the molecule is CSc1nc(Cl)cc(N=CN(C)C)n1. The summed E-state index contributed by atoms with van der Waals surface area (Å²) < 4.78 is 0. The Morgan fingerprint density at radius 3 is 2.79 bits per heavy atom. The van der Waals surface area contributed by atoms with Gasteiger partial charge in [0.15, 0.2) is 11.0 Å². The van der Waals surface area contributed by atoms with E-state index < -0.39 is 0 Å². The van der Waals surface area contributed by atoms with Crippen LogP contribution in [0, 0.1) is 0 Å². The van der Waals surface area contributed by atoms with Crippen LogP contribution in [-0.4, -0.2) is 41.6 Å². The lowest BCUT2D eigenvalue weighted by Crippen LogP contribution is -2.07. The number of aromatic nitrogens is 2. The van der Waals surface area contributed by atoms with Crippen LogP contribution >= 0.6 is 23.4 Å². The molecule has 0 unspecified atom stereocenters. The van der Waals surface area contributed by atoms with Gasteiger partial charge in [-0.25, -0.2) is 15.0 Å². The van der Waals surface area contributed by atoms with Gasteiger partial charge in [0.05, 0.1) is 6.34 Å². The number of nitrogens with zero attached hydrogens (tertiary/aromatic N) is 4. The highest BCUT2D eigenvalue weighted by Crippen LogP contribution is 2.18. The molecule has 14 heavy (non-hydrogen) atoms. The molecule has 0 amide bonds. The average Bonchev–Trinajstić information content (AvgIpc) is 2.14. The standard InChI is InChI=1S/C8H11ClN4S/c1-13(2)5-10-7-4-6(9)11-8(12-7)14-3/h4-5H,1-3H3. The third-order valence-corrected chi connectivity index (χ3v) is 2.01. The van der Waals surface area contributed by atoms with E-state index in [-0.39, 0.29) is 0 Å². The molecule has 6 heteroatoms. The molecule has 0 aromatic carbocycles. The first-order chi connectivity index (χ1) is 6.61. The minimum Gasteiger partial charge on any atom is -0.369 e. The third-order valence-electron chi connectivity index (χ3n) is 1.26. The fourth-order valence-electron chi connectivity index (χ4n) is 0.717. The molecular weight excluding hydrogens is 220 g/mol. The third kappa shape index (κ3) is 3.51. The molecule has 0 aliphatic heterocycles. The molecule has 0 bridgehead atoms.